The van der Waals surface area contributed by atoms with Gasteiger partial charge >= 0.3 is 0 Å². The first-order chi connectivity index (χ1) is 14.4. The lowest BCUT2D eigenvalue weighted by Gasteiger charge is -2.22. The number of ether oxygens (including phenoxy) is 2. The summed E-state index contributed by atoms with van der Waals surface area (Å²) in [6, 6.07) is 18.3. The lowest BCUT2D eigenvalue weighted by Crippen LogP contribution is -2.27. The van der Waals surface area contributed by atoms with Crippen LogP contribution in [0.5, 0.6) is 11.5 Å². The molecule has 1 aliphatic heterocycles. The van der Waals surface area contributed by atoms with Gasteiger partial charge in [0.15, 0.2) is 11.5 Å². The van der Waals surface area contributed by atoms with Crippen LogP contribution >= 0.6 is 0 Å². The summed E-state index contributed by atoms with van der Waals surface area (Å²) in [5, 5.41) is 2.81. The van der Waals surface area contributed by atoms with Crippen LogP contribution in [0.2, 0.25) is 0 Å². The molecule has 0 saturated heterocycles. The highest BCUT2D eigenvalue weighted by atomic mass is 32.2. The van der Waals surface area contributed by atoms with Crippen molar-refractivity contribution in [1.29, 1.82) is 0 Å². The average Bonchev–Trinajstić information content (AvgIpc) is 3.21. The molecule has 0 spiro atoms. The van der Waals surface area contributed by atoms with Crippen molar-refractivity contribution in [1.82, 2.24) is 0 Å². The fourth-order valence-electron chi connectivity index (χ4n) is 3.21. The predicted octanol–water partition coefficient (Wildman–Crippen LogP) is 3.80. The average molecular weight is 424 g/mol. The Balaban J connectivity index is 1.55. The van der Waals surface area contributed by atoms with Crippen molar-refractivity contribution >= 4 is 27.3 Å². The minimum atomic E-state index is -3.70. The lowest BCUT2D eigenvalue weighted by atomic mass is 10.1. The molecule has 7 nitrogen and oxygen atoms in total. The van der Waals surface area contributed by atoms with Crippen LogP contribution in [-0.4, -0.2) is 28.2 Å². The molecule has 4 rings (SSSR count). The lowest BCUT2D eigenvalue weighted by molar-refractivity contribution is 0.102. The summed E-state index contributed by atoms with van der Waals surface area (Å²) in [6.45, 7) is 1.93. The maximum Gasteiger partial charge on any atom is 0.264 e. The van der Waals surface area contributed by atoms with Gasteiger partial charge in [0, 0.05) is 24.4 Å². The number of anilines is 2. The van der Waals surface area contributed by atoms with Crippen LogP contribution in [0.3, 0.4) is 0 Å². The van der Waals surface area contributed by atoms with Crippen LogP contribution in [0.25, 0.3) is 0 Å². The van der Waals surface area contributed by atoms with Gasteiger partial charge in [-0.1, -0.05) is 18.2 Å². The zero-order valence-corrected chi connectivity index (χ0v) is 17.3. The van der Waals surface area contributed by atoms with E-state index >= 15 is 0 Å². The molecule has 3 aromatic carbocycles. The van der Waals surface area contributed by atoms with E-state index in [-0.39, 0.29) is 17.6 Å². The Labute approximate surface area is 174 Å². The van der Waals surface area contributed by atoms with Gasteiger partial charge in [0.2, 0.25) is 6.79 Å². The fourth-order valence-corrected chi connectivity index (χ4v) is 4.49. The van der Waals surface area contributed by atoms with Crippen LogP contribution in [0.1, 0.15) is 15.9 Å². The monoisotopic (exact) mass is 424 g/mol. The van der Waals surface area contributed by atoms with Crippen molar-refractivity contribution in [2.45, 2.75) is 11.8 Å². The predicted molar refractivity (Wildman–Crippen MR) is 114 cm³/mol. The molecule has 1 amide bonds. The molecule has 0 unspecified atom stereocenters. The van der Waals surface area contributed by atoms with Gasteiger partial charge in [-0.15, -0.1) is 0 Å². The summed E-state index contributed by atoms with van der Waals surface area (Å²) >= 11 is 0. The number of carbonyl (C=O) groups excluding carboxylic acids is 1. The van der Waals surface area contributed by atoms with E-state index in [2.05, 4.69) is 5.32 Å². The van der Waals surface area contributed by atoms with Gasteiger partial charge in [0.25, 0.3) is 15.9 Å². The summed E-state index contributed by atoms with van der Waals surface area (Å²) in [7, 11) is -2.20. The number of hydrogen-bond donors (Lipinski definition) is 1. The van der Waals surface area contributed by atoms with Crippen molar-refractivity contribution in [2.24, 2.45) is 0 Å². The highest BCUT2D eigenvalue weighted by molar-refractivity contribution is 7.92. The zero-order chi connectivity index (χ0) is 21.3. The summed E-state index contributed by atoms with van der Waals surface area (Å²) < 4.78 is 37.5. The maximum atomic E-state index is 12.9. The number of fused-ring (bicyclic) bond motifs is 1. The molecule has 30 heavy (non-hydrogen) atoms. The molecule has 0 radical (unpaired) electrons. The molecule has 0 saturated carbocycles. The van der Waals surface area contributed by atoms with Crippen LogP contribution in [0.4, 0.5) is 11.4 Å². The van der Waals surface area contributed by atoms with E-state index < -0.39 is 10.0 Å². The van der Waals surface area contributed by atoms with E-state index in [4.69, 9.17) is 9.47 Å². The van der Waals surface area contributed by atoms with Gasteiger partial charge in [-0.25, -0.2) is 8.42 Å². The largest absolute Gasteiger partial charge is 0.454 e. The zero-order valence-electron chi connectivity index (χ0n) is 16.5. The number of nitrogens with zero attached hydrogens (tertiary/aromatic N) is 1. The first-order valence-corrected chi connectivity index (χ1v) is 10.7. The Kier molecular flexibility index (Phi) is 5.09. The minimum absolute atomic E-state index is 0.160. The number of carbonyl (C=O) groups is 1. The van der Waals surface area contributed by atoms with E-state index in [1.165, 1.54) is 11.4 Å². The number of nitrogens with one attached hydrogen (secondary N) is 1. The SMILES string of the molecule is Cc1cc(C(=O)Nc2ccc3c(c2)OCO3)ccc1N(C)S(=O)(=O)c1ccccc1. The third-order valence-electron chi connectivity index (χ3n) is 4.83. The second-order valence-electron chi connectivity index (χ2n) is 6.81. The maximum absolute atomic E-state index is 12.9. The molecule has 154 valence electrons. The Bertz CT molecular complexity index is 1210. The summed E-state index contributed by atoms with van der Waals surface area (Å²) in [6.07, 6.45) is 0. The molecule has 3 aromatic rings. The van der Waals surface area contributed by atoms with Crippen LogP contribution in [0, 0.1) is 6.92 Å². The molecule has 0 bridgehead atoms. The van der Waals surface area contributed by atoms with Crippen LogP contribution in [-0.2, 0) is 10.0 Å². The molecule has 0 aliphatic carbocycles. The smallest absolute Gasteiger partial charge is 0.264 e. The third kappa shape index (κ3) is 3.69. The standard InChI is InChI=1S/C22H20N2O5S/c1-15-12-16(22(25)23-17-9-11-20-21(13-17)29-14-28-20)8-10-19(15)24(2)30(26,27)18-6-4-3-5-7-18/h3-13H,14H2,1-2H3,(H,23,25). The van der Waals surface area contributed by atoms with E-state index in [1.54, 1.807) is 73.7 Å². The number of sulfonamides is 1. The molecule has 0 fully saturated rings. The molecule has 0 atom stereocenters. The summed E-state index contributed by atoms with van der Waals surface area (Å²) in [4.78, 5) is 12.9. The normalized spacial score (nSPS) is 12.5. The fraction of sp³-hybridized carbons (Fsp3) is 0.136. The molecular weight excluding hydrogens is 404 g/mol. The Morgan fingerprint density at radius 3 is 2.43 bits per heavy atom. The van der Waals surface area contributed by atoms with Crippen LogP contribution < -0.4 is 19.1 Å². The number of hydrogen-bond acceptors (Lipinski definition) is 5. The summed E-state index contributed by atoms with van der Waals surface area (Å²) in [5.41, 5.74) is 2.16. The molecule has 1 heterocycles. The Morgan fingerprint density at radius 1 is 0.967 bits per heavy atom. The first kappa shape index (κ1) is 19.8. The van der Waals surface area contributed by atoms with Gasteiger partial charge in [-0.2, -0.15) is 0 Å². The molecule has 1 aliphatic rings. The Morgan fingerprint density at radius 2 is 1.70 bits per heavy atom. The minimum Gasteiger partial charge on any atom is -0.454 e. The summed E-state index contributed by atoms with van der Waals surface area (Å²) in [5.74, 6) is 0.903. The van der Waals surface area contributed by atoms with E-state index in [0.29, 0.717) is 34.0 Å². The van der Waals surface area contributed by atoms with Gasteiger partial charge in [0.05, 0.1) is 10.6 Å². The van der Waals surface area contributed by atoms with E-state index in [1.807, 2.05) is 0 Å². The van der Waals surface area contributed by atoms with Gasteiger partial charge in [0.1, 0.15) is 0 Å². The van der Waals surface area contributed by atoms with Crippen molar-refractivity contribution in [3.8, 4) is 11.5 Å². The van der Waals surface area contributed by atoms with Gasteiger partial charge in [-0.05, 0) is 55.0 Å². The second-order valence-corrected chi connectivity index (χ2v) is 8.78. The van der Waals surface area contributed by atoms with Crippen molar-refractivity contribution < 1.29 is 22.7 Å². The highest BCUT2D eigenvalue weighted by Crippen LogP contribution is 2.34. The number of amides is 1. The third-order valence-corrected chi connectivity index (χ3v) is 6.62. The van der Waals surface area contributed by atoms with E-state index in [9.17, 15) is 13.2 Å². The quantitative estimate of drug-likeness (QED) is 0.673. The second kappa shape index (κ2) is 7.72. The first-order valence-electron chi connectivity index (χ1n) is 9.22. The number of benzene rings is 3. The van der Waals surface area contributed by atoms with Crippen molar-refractivity contribution in [2.75, 3.05) is 23.5 Å². The molecular formula is C22H20N2O5S. The van der Waals surface area contributed by atoms with Gasteiger partial charge in [-0.3, -0.25) is 9.10 Å². The van der Waals surface area contributed by atoms with Gasteiger partial charge < -0.3 is 14.8 Å². The number of aryl methyl sites for hydroxylation is 1. The highest BCUT2D eigenvalue weighted by Gasteiger charge is 2.23. The van der Waals surface area contributed by atoms with Crippen molar-refractivity contribution in [3.63, 3.8) is 0 Å². The van der Waals surface area contributed by atoms with Crippen LogP contribution in [0.15, 0.2) is 71.6 Å². The Hall–Kier alpha value is -3.52. The number of rotatable bonds is 5. The molecule has 1 N–H and O–H groups in total. The van der Waals surface area contributed by atoms with E-state index in [0.717, 1.165) is 0 Å². The topological polar surface area (TPSA) is 84.9 Å². The van der Waals surface area contributed by atoms with Crippen molar-refractivity contribution in [3.05, 3.63) is 77.9 Å². The molecule has 0 aromatic heterocycles. The molecule has 8 heteroatoms.